The number of hydrogen-bond acceptors (Lipinski definition) is 8. The molecule has 0 bridgehead atoms. The van der Waals surface area contributed by atoms with E-state index in [0.29, 0.717) is 35.4 Å². The number of pyridine rings is 1. The van der Waals surface area contributed by atoms with Gasteiger partial charge in [-0.15, -0.1) is 11.3 Å². The topological polar surface area (TPSA) is 118 Å². The Hall–Kier alpha value is -3.55. The van der Waals surface area contributed by atoms with E-state index in [2.05, 4.69) is 4.72 Å². The minimum atomic E-state index is -3.96. The third-order valence-electron chi connectivity index (χ3n) is 8.02. The van der Waals surface area contributed by atoms with Gasteiger partial charge in [0.25, 0.3) is 0 Å². The summed E-state index contributed by atoms with van der Waals surface area (Å²) in [4.78, 5) is 27.9. The molecule has 4 aromatic rings. The lowest BCUT2D eigenvalue weighted by Crippen LogP contribution is -2.31. The Balaban J connectivity index is 1.38. The quantitative estimate of drug-likeness (QED) is 0.271. The summed E-state index contributed by atoms with van der Waals surface area (Å²) in [5.41, 5.74) is 0.404. The number of aromatic nitrogens is 1. The maximum absolute atomic E-state index is 15.9. The molecule has 9 nitrogen and oxygen atoms in total. The number of hydrogen-bond donors (Lipinski definition) is 2. The van der Waals surface area contributed by atoms with Crippen LogP contribution in [0.15, 0.2) is 34.0 Å². The lowest BCUT2D eigenvalue weighted by molar-refractivity contribution is 0.101. The predicted octanol–water partition coefficient (Wildman–Crippen LogP) is 4.86. The molecule has 2 N–H and O–H groups in total. The number of rotatable bonds is 8. The third kappa shape index (κ3) is 4.63. The summed E-state index contributed by atoms with van der Waals surface area (Å²) in [7, 11) is -2.56. The van der Waals surface area contributed by atoms with E-state index in [1.807, 2.05) is 4.57 Å². The Morgan fingerprint density at radius 3 is 2.62 bits per heavy atom. The van der Waals surface area contributed by atoms with Crippen LogP contribution in [-0.4, -0.2) is 50.6 Å². The Bertz CT molecular complexity index is 1950. The highest BCUT2D eigenvalue weighted by atomic mass is 32.2. The van der Waals surface area contributed by atoms with Crippen LogP contribution in [0.2, 0.25) is 0 Å². The number of halogens is 2. The van der Waals surface area contributed by atoms with Crippen LogP contribution in [0.5, 0.6) is 11.5 Å². The number of aromatic hydroxyl groups is 1. The molecule has 0 amide bonds. The lowest BCUT2D eigenvalue weighted by Gasteiger charge is -2.25. The highest BCUT2D eigenvalue weighted by molar-refractivity contribution is 7.89. The minimum absolute atomic E-state index is 0.000794. The molecule has 42 heavy (non-hydrogen) atoms. The van der Waals surface area contributed by atoms with Crippen LogP contribution in [0.1, 0.15) is 47.5 Å². The van der Waals surface area contributed by atoms with Crippen molar-refractivity contribution in [3.05, 3.63) is 56.6 Å². The number of anilines is 1. The maximum atomic E-state index is 15.9. The van der Waals surface area contributed by atoms with Crippen molar-refractivity contribution in [1.29, 1.82) is 0 Å². The molecule has 2 aromatic heterocycles. The van der Waals surface area contributed by atoms with Crippen molar-refractivity contribution >= 4 is 54.0 Å². The van der Waals surface area contributed by atoms with E-state index < -0.39 is 27.1 Å². The zero-order valence-corrected chi connectivity index (χ0v) is 24.8. The fraction of sp³-hybridized carbons (Fsp3) is 0.379. The van der Waals surface area contributed by atoms with Gasteiger partial charge in [0.1, 0.15) is 26.6 Å². The molecule has 222 valence electrons. The zero-order chi connectivity index (χ0) is 30.1. The number of carbonyl (C=O) groups is 1. The summed E-state index contributed by atoms with van der Waals surface area (Å²) in [6, 6.07) is 4.74. The number of ether oxygens (including phenoxy) is 1. The summed E-state index contributed by atoms with van der Waals surface area (Å²) >= 11 is 1.04. The highest BCUT2D eigenvalue weighted by Gasteiger charge is 2.35. The van der Waals surface area contributed by atoms with E-state index in [1.165, 1.54) is 26.2 Å². The molecule has 1 aliphatic heterocycles. The van der Waals surface area contributed by atoms with Gasteiger partial charge in [0.15, 0.2) is 23.1 Å². The minimum Gasteiger partial charge on any atom is -0.505 e. The third-order valence-corrected chi connectivity index (χ3v) is 10.9. The van der Waals surface area contributed by atoms with Gasteiger partial charge in [-0.25, -0.2) is 21.9 Å². The van der Waals surface area contributed by atoms with E-state index in [-0.39, 0.29) is 62.0 Å². The first-order valence-electron chi connectivity index (χ1n) is 13.5. The standard InChI is InChI=1S/C29H29F2N3O6S2/c1-14-4-5-17(30)10-21(14)42(38,39)32-12-16-8-9-33(13-16)24-20(31)11-19-23(27(24)40-3)34(18-6-7-18)29-22(25(19)36)26(37)28(41-29)15(2)35/h4-5,10-11,16,18,32,37H,6-9,12-13H2,1-3H3/t16-/m0/s1. The highest BCUT2D eigenvalue weighted by Crippen LogP contribution is 2.49. The first kappa shape index (κ1) is 28.6. The Morgan fingerprint density at radius 1 is 1.21 bits per heavy atom. The Morgan fingerprint density at radius 2 is 1.95 bits per heavy atom. The van der Waals surface area contributed by atoms with Crippen LogP contribution < -0.4 is 19.8 Å². The maximum Gasteiger partial charge on any atom is 0.240 e. The molecule has 1 saturated carbocycles. The number of nitrogens with zero attached hydrogens (tertiary/aromatic N) is 2. The number of sulfonamides is 1. The molecule has 2 aromatic carbocycles. The average Bonchev–Trinajstić information content (AvgIpc) is 3.56. The van der Waals surface area contributed by atoms with Crippen molar-refractivity contribution in [3.63, 3.8) is 0 Å². The molecule has 0 radical (unpaired) electrons. The molecule has 13 heteroatoms. The normalized spacial score (nSPS) is 17.5. The SMILES string of the molecule is COc1c(N2CC[C@@H](CNS(=O)(=O)c3cc(F)ccc3C)C2)c(F)cc2c(=O)c3c(O)c(C(C)=O)sc3n(C3CC3)c12. The van der Waals surface area contributed by atoms with Gasteiger partial charge in [0.2, 0.25) is 15.5 Å². The van der Waals surface area contributed by atoms with Crippen molar-refractivity contribution in [2.24, 2.45) is 5.92 Å². The van der Waals surface area contributed by atoms with Gasteiger partial charge < -0.3 is 19.3 Å². The average molecular weight is 618 g/mol. The second kappa shape index (κ2) is 10.3. The van der Waals surface area contributed by atoms with Crippen molar-refractivity contribution in [2.45, 2.75) is 44.0 Å². The number of fused-ring (bicyclic) bond motifs is 2. The number of benzene rings is 2. The molecule has 2 fully saturated rings. The molecule has 1 aliphatic carbocycles. The van der Waals surface area contributed by atoms with Crippen LogP contribution in [0.25, 0.3) is 21.1 Å². The van der Waals surface area contributed by atoms with Gasteiger partial charge in [-0.2, -0.15) is 0 Å². The molecule has 0 spiro atoms. The largest absolute Gasteiger partial charge is 0.505 e. The van der Waals surface area contributed by atoms with E-state index >= 15 is 4.39 Å². The summed E-state index contributed by atoms with van der Waals surface area (Å²) in [6.45, 7) is 3.70. The van der Waals surface area contributed by atoms with Crippen LogP contribution in [0.4, 0.5) is 14.5 Å². The predicted molar refractivity (Wildman–Crippen MR) is 157 cm³/mol. The van der Waals surface area contributed by atoms with Crippen molar-refractivity contribution in [3.8, 4) is 11.5 Å². The molecular formula is C29H29F2N3O6S2. The number of nitrogens with one attached hydrogen (secondary N) is 1. The molecule has 2 aliphatic rings. The molecular weight excluding hydrogens is 588 g/mol. The number of ketones is 1. The van der Waals surface area contributed by atoms with Crippen molar-refractivity contribution < 1.29 is 31.8 Å². The summed E-state index contributed by atoms with van der Waals surface area (Å²) < 4.78 is 65.6. The lowest BCUT2D eigenvalue weighted by atomic mass is 10.1. The van der Waals surface area contributed by atoms with Gasteiger partial charge in [0.05, 0.1) is 22.9 Å². The summed E-state index contributed by atoms with van der Waals surface area (Å²) in [5.74, 6) is -2.09. The van der Waals surface area contributed by atoms with Gasteiger partial charge in [-0.3, -0.25) is 9.59 Å². The fourth-order valence-electron chi connectivity index (χ4n) is 5.82. The van der Waals surface area contributed by atoms with Crippen molar-refractivity contribution in [1.82, 2.24) is 9.29 Å². The van der Waals surface area contributed by atoms with Crippen LogP contribution in [0.3, 0.4) is 0 Å². The molecule has 1 saturated heterocycles. The first-order valence-corrected chi connectivity index (χ1v) is 15.8. The molecule has 6 rings (SSSR count). The fourth-order valence-corrected chi connectivity index (χ4v) is 8.36. The monoisotopic (exact) mass is 617 g/mol. The number of Topliss-reactive ketones (excluding diaryl/α,β-unsaturated/α-hetero) is 1. The molecule has 0 unspecified atom stereocenters. The van der Waals surface area contributed by atoms with Crippen LogP contribution in [0, 0.1) is 24.5 Å². The first-order chi connectivity index (χ1) is 19.9. The van der Waals surface area contributed by atoms with Crippen LogP contribution >= 0.6 is 11.3 Å². The van der Waals surface area contributed by atoms with E-state index in [1.54, 1.807) is 11.8 Å². The number of aryl methyl sites for hydroxylation is 1. The molecule has 3 heterocycles. The van der Waals surface area contributed by atoms with Gasteiger partial charge in [-0.1, -0.05) is 6.07 Å². The van der Waals surface area contributed by atoms with Gasteiger partial charge in [-0.05, 0) is 55.9 Å². The number of methoxy groups -OCH3 is 1. The number of carbonyl (C=O) groups excluding carboxylic acids is 1. The number of thiophene rings is 1. The van der Waals surface area contributed by atoms with Gasteiger partial charge in [0, 0.05) is 32.6 Å². The smallest absolute Gasteiger partial charge is 0.240 e. The zero-order valence-electron chi connectivity index (χ0n) is 23.2. The Labute approximate surface area is 244 Å². The van der Waals surface area contributed by atoms with E-state index in [9.17, 15) is 27.5 Å². The Kier molecular flexibility index (Phi) is 7.02. The second-order valence-electron chi connectivity index (χ2n) is 10.9. The summed E-state index contributed by atoms with van der Waals surface area (Å²) in [6.07, 6.45) is 2.18. The van der Waals surface area contributed by atoms with Crippen molar-refractivity contribution in [2.75, 3.05) is 31.6 Å². The van der Waals surface area contributed by atoms with E-state index in [4.69, 9.17) is 4.74 Å². The van der Waals surface area contributed by atoms with Gasteiger partial charge >= 0.3 is 0 Å². The summed E-state index contributed by atoms with van der Waals surface area (Å²) in [5, 5.41) is 10.8. The second-order valence-corrected chi connectivity index (χ2v) is 13.7. The molecule has 1 atom stereocenters. The van der Waals surface area contributed by atoms with E-state index in [0.717, 1.165) is 36.3 Å². The van der Waals surface area contributed by atoms with Crippen LogP contribution in [-0.2, 0) is 10.0 Å².